The highest BCUT2D eigenvalue weighted by molar-refractivity contribution is 5.78. The molecule has 0 atom stereocenters. The van der Waals surface area contributed by atoms with E-state index in [1.165, 1.54) is 0 Å². The van der Waals surface area contributed by atoms with Crippen molar-refractivity contribution in [3.63, 3.8) is 0 Å². The van der Waals surface area contributed by atoms with Crippen LogP contribution in [0.15, 0.2) is 48.7 Å². The normalized spacial score (nSPS) is 15.1. The van der Waals surface area contributed by atoms with E-state index in [-0.39, 0.29) is 5.91 Å². The largest absolute Gasteiger partial charge is 0.494 e. The van der Waals surface area contributed by atoms with Crippen molar-refractivity contribution < 1.29 is 14.3 Å². The summed E-state index contributed by atoms with van der Waals surface area (Å²) in [7, 11) is 0. The van der Waals surface area contributed by atoms with Crippen molar-refractivity contribution in [2.75, 3.05) is 39.4 Å². The van der Waals surface area contributed by atoms with E-state index in [1.807, 2.05) is 55.6 Å². The van der Waals surface area contributed by atoms with Gasteiger partial charge < -0.3 is 14.8 Å². The standard InChI is InChI=1S/C23H29N5O3/c1-2-30-19-6-8-20(9-7-19)31-16-12-24-22(29)17-27-14-10-18(11-15-27)23-26-25-21-5-3-4-13-28(21)23/h3-9,13,18H,2,10-12,14-17H2,1H3,(H,24,29). The first-order valence-corrected chi connectivity index (χ1v) is 10.9. The highest BCUT2D eigenvalue weighted by Gasteiger charge is 2.25. The Hall–Kier alpha value is -3.13. The first-order chi connectivity index (χ1) is 15.2. The average Bonchev–Trinajstić information content (AvgIpc) is 3.23. The van der Waals surface area contributed by atoms with Crippen LogP contribution in [-0.4, -0.2) is 64.8 Å². The molecular weight excluding hydrogens is 394 g/mol. The lowest BCUT2D eigenvalue weighted by atomic mass is 9.96. The van der Waals surface area contributed by atoms with Gasteiger partial charge in [-0.15, -0.1) is 10.2 Å². The molecule has 0 bridgehead atoms. The van der Waals surface area contributed by atoms with Crippen LogP contribution >= 0.6 is 0 Å². The number of ether oxygens (including phenoxy) is 2. The van der Waals surface area contributed by atoms with E-state index in [0.717, 1.165) is 48.9 Å². The monoisotopic (exact) mass is 423 g/mol. The quantitative estimate of drug-likeness (QED) is 0.533. The van der Waals surface area contributed by atoms with Crippen LogP contribution < -0.4 is 14.8 Å². The number of amides is 1. The molecule has 4 rings (SSSR count). The Morgan fingerprint density at radius 2 is 1.81 bits per heavy atom. The number of likely N-dealkylation sites (tertiary alicyclic amines) is 1. The number of carbonyl (C=O) groups is 1. The van der Waals surface area contributed by atoms with Crippen molar-refractivity contribution in [1.29, 1.82) is 0 Å². The van der Waals surface area contributed by atoms with Crippen molar-refractivity contribution >= 4 is 11.6 Å². The first-order valence-electron chi connectivity index (χ1n) is 10.9. The fourth-order valence-corrected chi connectivity index (χ4v) is 3.90. The van der Waals surface area contributed by atoms with Gasteiger partial charge in [0, 0.05) is 12.1 Å². The van der Waals surface area contributed by atoms with Gasteiger partial charge in [-0.05, 0) is 69.3 Å². The molecule has 1 fully saturated rings. The SMILES string of the molecule is CCOc1ccc(OCCNC(=O)CN2CCC(c3nnc4ccccn34)CC2)cc1. The maximum atomic E-state index is 12.3. The van der Waals surface area contributed by atoms with Crippen molar-refractivity contribution in [3.8, 4) is 11.5 Å². The molecule has 1 aliphatic heterocycles. The molecule has 164 valence electrons. The van der Waals surface area contributed by atoms with Gasteiger partial charge >= 0.3 is 0 Å². The van der Waals surface area contributed by atoms with E-state index >= 15 is 0 Å². The van der Waals surface area contributed by atoms with Gasteiger partial charge in [0.05, 0.1) is 19.7 Å². The summed E-state index contributed by atoms with van der Waals surface area (Å²) < 4.78 is 13.1. The summed E-state index contributed by atoms with van der Waals surface area (Å²) in [6, 6.07) is 13.4. The molecule has 3 aromatic rings. The van der Waals surface area contributed by atoms with Crippen molar-refractivity contribution in [3.05, 3.63) is 54.5 Å². The summed E-state index contributed by atoms with van der Waals surface area (Å²) in [6.45, 7) is 5.67. The Morgan fingerprint density at radius 1 is 1.06 bits per heavy atom. The molecule has 31 heavy (non-hydrogen) atoms. The van der Waals surface area contributed by atoms with Gasteiger partial charge in [-0.2, -0.15) is 0 Å². The lowest BCUT2D eigenvalue weighted by molar-refractivity contribution is -0.122. The predicted molar refractivity (Wildman–Crippen MR) is 118 cm³/mol. The van der Waals surface area contributed by atoms with E-state index in [2.05, 4.69) is 24.8 Å². The molecule has 8 heteroatoms. The zero-order valence-corrected chi connectivity index (χ0v) is 17.9. The van der Waals surface area contributed by atoms with E-state index in [0.29, 0.717) is 32.2 Å². The number of benzene rings is 1. The molecule has 0 aliphatic carbocycles. The van der Waals surface area contributed by atoms with Gasteiger partial charge in [0.15, 0.2) is 5.65 Å². The lowest BCUT2D eigenvalue weighted by Gasteiger charge is -2.30. The molecule has 1 saturated heterocycles. The third-order valence-electron chi connectivity index (χ3n) is 5.49. The molecule has 0 spiro atoms. The highest BCUT2D eigenvalue weighted by atomic mass is 16.5. The predicted octanol–water partition coefficient (Wildman–Crippen LogP) is 2.50. The number of piperidine rings is 1. The average molecular weight is 424 g/mol. The van der Waals surface area contributed by atoms with Gasteiger partial charge in [-0.25, -0.2) is 0 Å². The molecular formula is C23H29N5O3. The fourth-order valence-electron chi connectivity index (χ4n) is 3.90. The number of nitrogens with one attached hydrogen (secondary N) is 1. The zero-order chi connectivity index (χ0) is 21.5. The Bertz CT molecular complexity index is 980. The first kappa shape index (κ1) is 21.1. The van der Waals surface area contributed by atoms with E-state index < -0.39 is 0 Å². The number of fused-ring (bicyclic) bond motifs is 1. The Kier molecular flexibility index (Phi) is 6.99. The van der Waals surface area contributed by atoms with Crippen molar-refractivity contribution in [2.24, 2.45) is 0 Å². The molecule has 1 aromatic carbocycles. The summed E-state index contributed by atoms with van der Waals surface area (Å²) >= 11 is 0. The molecule has 1 aliphatic rings. The number of hydrogen-bond acceptors (Lipinski definition) is 6. The molecule has 0 unspecified atom stereocenters. The Labute approximate surface area is 182 Å². The van der Waals surface area contributed by atoms with Crippen molar-refractivity contribution in [2.45, 2.75) is 25.7 Å². The van der Waals surface area contributed by atoms with Crippen LogP contribution in [0.1, 0.15) is 31.5 Å². The summed E-state index contributed by atoms with van der Waals surface area (Å²) in [5.74, 6) is 3.01. The van der Waals surface area contributed by atoms with Crippen LogP contribution in [0.5, 0.6) is 11.5 Å². The summed E-state index contributed by atoms with van der Waals surface area (Å²) in [4.78, 5) is 14.5. The second kappa shape index (κ2) is 10.3. The third-order valence-corrected chi connectivity index (χ3v) is 5.49. The zero-order valence-electron chi connectivity index (χ0n) is 17.9. The number of hydrogen-bond donors (Lipinski definition) is 1. The van der Waals surface area contributed by atoms with Gasteiger partial charge in [-0.3, -0.25) is 14.1 Å². The van der Waals surface area contributed by atoms with Crippen LogP contribution in [0.2, 0.25) is 0 Å². The summed E-state index contributed by atoms with van der Waals surface area (Å²) in [6.07, 6.45) is 3.97. The molecule has 1 amide bonds. The molecule has 8 nitrogen and oxygen atoms in total. The van der Waals surface area contributed by atoms with E-state index in [4.69, 9.17) is 9.47 Å². The molecule has 1 N–H and O–H groups in total. The van der Waals surface area contributed by atoms with Gasteiger partial charge in [0.2, 0.25) is 5.91 Å². The number of aromatic nitrogens is 3. The van der Waals surface area contributed by atoms with Crippen molar-refractivity contribution in [1.82, 2.24) is 24.8 Å². The van der Waals surface area contributed by atoms with Gasteiger partial charge in [0.25, 0.3) is 0 Å². The number of nitrogens with zero attached hydrogens (tertiary/aromatic N) is 4. The van der Waals surface area contributed by atoms with Crippen LogP contribution in [0.4, 0.5) is 0 Å². The van der Waals surface area contributed by atoms with Gasteiger partial charge in [0.1, 0.15) is 23.9 Å². The number of carbonyl (C=O) groups excluding carboxylic acids is 1. The third kappa shape index (κ3) is 5.52. The highest BCUT2D eigenvalue weighted by Crippen LogP contribution is 2.26. The minimum Gasteiger partial charge on any atom is -0.494 e. The minimum atomic E-state index is 0.0293. The summed E-state index contributed by atoms with van der Waals surface area (Å²) in [5, 5.41) is 11.6. The molecule has 2 aromatic heterocycles. The smallest absolute Gasteiger partial charge is 0.234 e. The minimum absolute atomic E-state index is 0.0293. The Balaban J connectivity index is 1.15. The topological polar surface area (TPSA) is 81.0 Å². The van der Waals surface area contributed by atoms with Gasteiger partial charge in [-0.1, -0.05) is 6.07 Å². The maximum absolute atomic E-state index is 12.3. The second-order valence-corrected chi connectivity index (χ2v) is 7.64. The lowest BCUT2D eigenvalue weighted by Crippen LogP contribution is -2.42. The van der Waals surface area contributed by atoms with Crippen LogP contribution in [0.25, 0.3) is 5.65 Å². The maximum Gasteiger partial charge on any atom is 0.234 e. The number of rotatable bonds is 9. The van der Waals surface area contributed by atoms with Crippen LogP contribution in [0, 0.1) is 0 Å². The molecule has 3 heterocycles. The fraction of sp³-hybridized carbons (Fsp3) is 0.435. The second-order valence-electron chi connectivity index (χ2n) is 7.64. The van der Waals surface area contributed by atoms with E-state index in [1.54, 1.807) is 0 Å². The molecule has 0 saturated carbocycles. The summed E-state index contributed by atoms with van der Waals surface area (Å²) in [5.41, 5.74) is 0.881. The molecule has 0 radical (unpaired) electrons. The van der Waals surface area contributed by atoms with E-state index in [9.17, 15) is 4.79 Å². The number of pyridine rings is 1. The van der Waals surface area contributed by atoms with Crippen LogP contribution in [-0.2, 0) is 4.79 Å². The Morgan fingerprint density at radius 3 is 2.55 bits per heavy atom. The van der Waals surface area contributed by atoms with Crippen LogP contribution in [0.3, 0.4) is 0 Å².